The predicted molar refractivity (Wildman–Crippen MR) is 82.3 cm³/mol. The topological polar surface area (TPSA) is 50.7 Å². The first-order chi connectivity index (χ1) is 10.6. The number of rotatable bonds is 4. The van der Waals surface area contributed by atoms with Crippen molar-refractivity contribution in [2.24, 2.45) is 4.99 Å². The Labute approximate surface area is 129 Å². The van der Waals surface area contributed by atoms with Gasteiger partial charge in [0.25, 0.3) is 0 Å². The zero-order valence-electron chi connectivity index (χ0n) is 12.6. The lowest BCUT2D eigenvalue weighted by Crippen LogP contribution is -2.31. The van der Waals surface area contributed by atoms with Crippen LogP contribution in [0.25, 0.3) is 0 Å². The van der Waals surface area contributed by atoms with Crippen LogP contribution in [0.2, 0.25) is 0 Å². The molecule has 2 aliphatic rings. The summed E-state index contributed by atoms with van der Waals surface area (Å²) in [6.45, 7) is 3.59. The highest BCUT2D eigenvalue weighted by Crippen LogP contribution is 2.23. The number of nitrogens with zero attached hydrogens (tertiary/aromatic N) is 1. The molecule has 0 aromatic heterocycles. The maximum Gasteiger partial charge on any atom is 0.168 e. The second kappa shape index (κ2) is 6.50. The van der Waals surface area contributed by atoms with Crippen LogP contribution in [0.15, 0.2) is 40.5 Å². The summed E-state index contributed by atoms with van der Waals surface area (Å²) < 4.78 is 18.3. The van der Waals surface area contributed by atoms with E-state index in [4.69, 9.17) is 4.74 Å². The van der Waals surface area contributed by atoms with Crippen LogP contribution < -0.4 is 5.32 Å². The first kappa shape index (κ1) is 15.1. The molecule has 2 aliphatic heterocycles. The van der Waals surface area contributed by atoms with Gasteiger partial charge in [0.2, 0.25) is 0 Å². The molecule has 1 aromatic carbocycles. The number of halogens is 1. The Morgan fingerprint density at radius 2 is 2.14 bits per heavy atom. The first-order valence-corrected chi connectivity index (χ1v) is 7.52. The van der Waals surface area contributed by atoms with Gasteiger partial charge in [-0.05, 0) is 24.6 Å². The molecule has 22 heavy (non-hydrogen) atoms. The third-order valence-electron chi connectivity index (χ3n) is 4.05. The summed E-state index contributed by atoms with van der Waals surface area (Å²) in [7, 11) is 0. The maximum absolute atomic E-state index is 12.9. The number of ketones is 1. The number of hydrogen-bond acceptors (Lipinski definition) is 4. The predicted octanol–water partition coefficient (Wildman–Crippen LogP) is 2.56. The normalized spacial score (nSPS) is 19.7. The Hall–Kier alpha value is -1.85. The zero-order valence-corrected chi connectivity index (χ0v) is 12.6. The third-order valence-corrected chi connectivity index (χ3v) is 4.05. The molecule has 0 fully saturated rings. The first-order valence-electron chi connectivity index (χ1n) is 7.52. The number of aliphatic imine (C=N–C) groups is 1. The summed E-state index contributed by atoms with van der Waals surface area (Å²) in [4.78, 5) is 16.7. The molecular formula is C17H19FN2O2. The van der Waals surface area contributed by atoms with E-state index in [1.54, 1.807) is 12.1 Å². The van der Waals surface area contributed by atoms with Crippen molar-refractivity contribution in [1.29, 1.82) is 0 Å². The molecule has 3 rings (SSSR count). The van der Waals surface area contributed by atoms with Crippen LogP contribution in [0.4, 0.5) is 4.39 Å². The van der Waals surface area contributed by atoms with E-state index < -0.39 is 0 Å². The highest BCUT2D eigenvalue weighted by molar-refractivity contribution is 6.13. The van der Waals surface area contributed by atoms with Gasteiger partial charge in [0.15, 0.2) is 5.78 Å². The van der Waals surface area contributed by atoms with Crippen molar-refractivity contribution in [3.05, 3.63) is 46.9 Å². The van der Waals surface area contributed by atoms with E-state index in [0.717, 1.165) is 22.5 Å². The van der Waals surface area contributed by atoms with Crippen molar-refractivity contribution in [3.8, 4) is 0 Å². The number of ether oxygens (including phenoxy) is 1. The molecule has 0 amide bonds. The Bertz CT molecular complexity index is 635. The number of carbonyl (C=O) groups excluding carboxylic acids is 1. The summed E-state index contributed by atoms with van der Waals surface area (Å²) >= 11 is 0. The second-order valence-corrected chi connectivity index (χ2v) is 5.66. The van der Waals surface area contributed by atoms with Crippen LogP contribution in [-0.4, -0.2) is 31.3 Å². The molecule has 0 aliphatic carbocycles. The average Bonchev–Trinajstić information content (AvgIpc) is 2.53. The van der Waals surface area contributed by atoms with E-state index in [1.807, 2.05) is 6.92 Å². The maximum atomic E-state index is 12.9. The summed E-state index contributed by atoms with van der Waals surface area (Å²) in [5, 5.41) is 3.34. The number of benzene rings is 1. The molecule has 2 heterocycles. The van der Waals surface area contributed by atoms with E-state index in [-0.39, 0.29) is 17.6 Å². The minimum Gasteiger partial charge on any atom is -0.376 e. The van der Waals surface area contributed by atoms with Gasteiger partial charge in [-0.2, -0.15) is 0 Å². The van der Waals surface area contributed by atoms with Crippen LogP contribution in [0.1, 0.15) is 31.4 Å². The number of carbonyl (C=O) groups is 1. The van der Waals surface area contributed by atoms with E-state index in [9.17, 15) is 9.18 Å². The van der Waals surface area contributed by atoms with Crippen molar-refractivity contribution in [2.45, 2.75) is 25.8 Å². The molecule has 0 radical (unpaired) electrons. The van der Waals surface area contributed by atoms with Gasteiger partial charge in [0, 0.05) is 30.3 Å². The van der Waals surface area contributed by atoms with E-state index >= 15 is 0 Å². The lowest BCUT2D eigenvalue weighted by atomic mass is 9.98. The molecular weight excluding hydrogens is 283 g/mol. The minimum atomic E-state index is -0.239. The van der Waals surface area contributed by atoms with Gasteiger partial charge in [-0.1, -0.05) is 12.1 Å². The number of nitrogens with one attached hydrogen (secondary N) is 1. The Kier molecular flexibility index (Phi) is 4.45. The van der Waals surface area contributed by atoms with Gasteiger partial charge in [0.05, 0.1) is 25.3 Å². The second-order valence-electron chi connectivity index (χ2n) is 5.66. The Morgan fingerprint density at radius 3 is 2.91 bits per heavy atom. The fourth-order valence-corrected chi connectivity index (χ4v) is 2.71. The molecule has 1 atom stereocenters. The molecule has 0 spiro atoms. The molecule has 5 heteroatoms. The summed E-state index contributed by atoms with van der Waals surface area (Å²) in [5.74, 6) is -0.117. The van der Waals surface area contributed by atoms with Crippen molar-refractivity contribution < 1.29 is 13.9 Å². The third kappa shape index (κ3) is 3.31. The lowest BCUT2D eigenvalue weighted by molar-refractivity contribution is -0.115. The zero-order chi connectivity index (χ0) is 15.5. The standard InChI is InChI=1S/C17H19FN2O2/c1-11(12-2-4-13(18)5-3-12)19-9-14-8-17(21)15-10-22-7-6-16(15)20-14/h2-5,11,19H,6-10H2,1H3/t11-/m0/s1. The summed E-state index contributed by atoms with van der Waals surface area (Å²) in [5.41, 5.74) is 3.49. The van der Waals surface area contributed by atoms with Gasteiger partial charge in [-0.3, -0.25) is 9.79 Å². The van der Waals surface area contributed by atoms with Crippen LogP contribution in [0.5, 0.6) is 0 Å². The van der Waals surface area contributed by atoms with Crippen LogP contribution >= 0.6 is 0 Å². The smallest absolute Gasteiger partial charge is 0.168 e. The van der Waals surface area contributed by atoms with Crippen molar-refractivity contribution in [1.82, 2.24) is 5.32 Å². The quantitative estimate of drug-likeness (QED) is 0.930. The van der Waals surface area contributed by atoms with Gasteiger partial charge >= 0.3 is 0 Å². The molecule has 0 saturated heterocycles. The van der Waals surface area contributed by atoms with Crippen LogP contribution in [0, 0.1) is 5.82 Å². The fraction of sp³-hybridized carbons (Fsp3) is 0.412. The highest BCUT2D eigenvalue weighted by Gasteiger charge is 2.25. The minimum absolute atomic E-state index is 0.0727. The molecule has 1 aromatic rings. The van der Waals surface area contributed by atoms with Crippen molar-refractivity contribution >= 4 is 11.5 Å². The van der Waals surface area contributed by atoms with Gasteiger partial charge in [-0.15, -0.1) is 0 Å². The molecule has 0 unspecified atom stereocenters. The highest BCUT2D eigenvalue weighted by atomic mass is 19.1. The van der Waals surface area contributed by atoms with Crippen LogP contribution in [0.3, 0.4) is 0 Å². The summed E-state index contributed by atoms with van der Waals surface area (Å²) in [6, 6.07) is 6.51. The Balaban J connectivity index is 1.64. The monoisotopic (exact) mass is 302 g/mol. The van der Waals surface area contributed by atoms with Crippen molar-refractivity contribution in [2.75, 3.05) is 19.8 Å². The molecule has 1 N–H and O–H groups in total. The largest absolute Gasteiger partial charge is 0.376 e. The van der Waals surface area contributed by atoms with E-state index in [0.29, 0.717) is 32.6 Å². The fourth-order valence-electron chi connectivity index (χ4n) is 2.71. The van der Waals surface area contributed by atoms with Gasteiger partial charge < -0.3 is 10.1 Å². The molecule has 0 bridgehead atoms. The average molecular weight is 302 g/mol. The summed E-state index contributed by atoms with van der Waals surface area (Å²) in [6.07, 6.45) is 1.06. The molecule has 0 saturated carbocycles. The SMILES string of the molecule is C[C@H](NCC1=NC2=C(COCC2)C(=O)C1)c1ccc(F)cc1. The molecule has 116 valence electrons. The van der Waals surface area contributed by atoms with Crippen molar-refractivity contribution in [3.63, 3.8) is 0 Å². The van der Waals surface area contributed by atoms with Gasteiger partial charge in [-0.25, -0.2) is 4.39 Å². The Morgan fingerprint density at radius 1 is 1.36 bits per heavy atom. The lowest BCUT2D eigenvalue weighted by Gasteiger charge is -2.23. The van der Waals surface area contributed by atoms with Gasteiger partial charge in [0.1, 0.15) is 5.82 Å². The number of hydrogen-bond donors (Lipinski definition) is 1. The van der Waals surface area contributed by atoms with E-state index in [1.165, 1.54) is 12.1 Å². The molecule has 4 nitrogen and oxygen atoms in total. The van der Waals surface area contributed by atoms with Crippen LogP contribution in [-0.2, 0) is 9.53 Å². The van der Waals surface area contributed by atoms with E-state index in [2.05, 4.69) is 10.3 Å². The number of Topliss-reactive ketones (excluding diaryl/α,β-unsaturated/α-hetero) is 1.